The third-order valence-corrected chi connectivity index (χ3v) is 6.73. The van der Waals surface area contributed by atoms with Crippen molar-refractivity contribution in [1.82, 2.24) is 25.4 Å². The molecule has 1 aromatic carbocycles. The number of hydrogen-bond acceptors (Lipinski definition) is 5. The zero-order valence-electron chi connectivity index (χ0n) is 17.5. The van der Waals surface area contributed by atoms with Crippen molar-refractivity contribution < 1.29 is 5.11 Å². The smallest absolute Gasteiger partial charge is 0.191 e. The number of aliphatic imine (C=N–C) groups is 1. The summed E-state index contributed by atoms with van der Waals surface area (Å²) >= 11 is 1.63. The van der Waals surface area contributed by atoms with Gasteiger partial charge < -0.3 is 20.3 Å². The quantitative estimate of drug-likeness (QED) is 0.307. The summed E-state index contributed by atoms with van der Waals surface area (Å²) in [6.07, 6.45) is 6.06. The number of hydrogen-bond donors (Lipinski definition) is 3. The van der Waals surface area contributed by atoms with Crippen molar-refractivity contribution in [2.24, 2.45) is 4.99 Å². The number of aliphatic hydroxyl groups excluding tert-OH is 1. The maximum Gasteiger partial charge on any atom is 0.191 e. The van der Waals surface area contributed by atoms with E-state index in [0.29, 0.717) is 12.5 Å². The Morgan fingerprint density at radius 3 is 3.00 bits per heavy atom. The number of nitrogens with zero attached hydrogens (tertiary/aromatic N) is 4. The lowest BCUT2D eigenvalue weighted by Gasteiger charge is -2.14. The van der Waals surface area contributed by atoms with Gasteiger partial charge in [0.25, 0.3) is 0 Å². The first kappa shape index (κ1) is 20.8. The molecule has 1 aliphatic rings. The van der Waals surface area contributed by atoms with Gasteiger partial charge in [-0.25, -0.2) is 0 Å². The standard InChI is InChI=1S/C22H30N6OS/c1-23-22(25-15-17(29)19-14-16-8-4-5-9-18(16)30-19)24-12-7-11-21-27-26-20-10-3-2-6-13-28(20)21/h4-5,8-9,14,17,29H,2-3,6-7,10-13,15H2,1H3,(H2,23,24,25). The van der Waals surface area contributed by atoms with Crippen LogP contribution >= 0.6 is 11.3 Å². The van der Waals surface area contributed by atoms with Gasteiger partial charge in [-0.05, 0) is 36.8 Å². The second-order valence-corrected chi connectivity index (χ2v) is 8.80. The number of aromatic nitrogens is 3. The molecule has 1 unspecified atom stereocenters. The fourth-order valence-corrected chi connectivity index (χ4v) is 4.92. The molecule has 3 N–H and O–H groups in total. The first-order valence-electron chi connectivity index (χ1n) is 10.8. The number of thiophene rings is 1. The molecule has 7 nitrogen and oxygen atoms in total. The van der Waals surface area contributed by atoms with Gasteiger partial charge in [0.1, 0.15) is 17.8 Å². The van der Waals surface area contributed by atoms with Gasteiger partial charge in [-0.2, -0.15) is 0 Å². The van der Waals surface area contributed by atoms with E-state index in [1.165, 1.54) is 29.3 Å². The van der Waals surface area contributed by atoms with Crippen LogP contribution in [0.5, 0.6) is 0 Å². The van der Waals surface area contributed by atoms with Crippen LogP contribution in [0.25, 0.3) is 10.1 Å². The van der Waals surface area contributed by atoms with Crippen molar-refractivity contribution in [3.63, 3.8) is 0 Å². The van der Waals surface area contributed by atoms with Crippen molar-refractivity contribution in [2.45, 2.75) is 51.2 Å². The Labute approximate surface area is 181 Å². The van der Waals surface area contributed by atoms with E-state index < -0.39 is 6.10 Å². The molecule has 2 aromatic heterocycles. The largest absolute Gasteiger partial charge is 0.386 e. The van der Waals surface area contributed by atoms with E-state index in [0.717, 1.165) is 48.9 Å². The highest BCUT2D eigenvalue weighted by molar-refractivity contribution is 7.19. The number of guanidine groups is 1. The summed E-state index contributed by atoms with van der Waals surface area (Å²) in [5.74, 6) is 2.94. The molecule has 0 saturated heterocycles. The molecule has 8 heteroatoms. The van der Waals surface area contributed by atoms with Gasteiger partial charge in [-0.15, -0.1) is 21.5 Å². The van der Waals surface area contributed by atoms with Crippen LogP contribution < -0.4 is 10.6 Å². The number of aryl methyl sites for hydroxylation is 2. The Bertz CT molecular complexity index is 962. The molecule has 160 valence electrons. The number of nitrogens with one attached hydrogen (secondary N) is 2. The summed E-state index contributed by atoms with van der Waals surface area (Å²) in [6, 6.07) is 10.3. The molecular weight excluding hydrogens is 396 g/mol. The minimum Gasteiger partial charge on any atom is -0.386 e. The molecule has 0 spiro atoms. The summed E-state index contributed by atoms with van der Waals surface area (Å²) < 4.78 is 3.50. The fraction of sp³-hybridized carbons (Fsp3) is 0.500. The monoisotopic (exact) mass is 426 g/mol. The van der Waals surface area contributed by atoms with Gasteiger partial charge >= 0.3 is 0 Å². The molecule has 3 heterocycles. The summed E-state index contributed by atoms with van der Waals surface area (Å²) in [4.78, 5) is 5.23. The van der Waals surface area contributed by atoms with Gasteiger partial charge in [0.2, 0.25) is 0 Å². The summed E-state index contributed by atoms with van der Waals surface area (Å²) in [6.45, 7) is 2.26. The molecule has 0 fully saturated rings. The number of rotatable bonds is 7. The molecule has 0 saturated carbocycles. The maximum absolute atomic E-state index is 10.5. The second-order valence-electron chi connectivity index (χ2n) is 7.68. The van der Waals surface area contributed by atoms with E-state index >= 15 is 0 Å². The van der Waals surface area contributed by atoms with Crippen molar-refractivity contribution in [3.05, 3.63) is 46.9 Å². The lowest BCUT2D eigenvalue weighted by atomic mass is 10.2. The molecule has 0 amide bonds. The fourth-order valence-electron chi connectivity index (χ4n) is 3.86. The zero-order valence-corrected chi connectivity index (χ0v) is 18.3. The highest BCUT2D eigenvalue weighted by Crippen LogP contribution is 2.29. The van der Waals surface area contributed by atoms with E-state index in [1.54, 1.807) is 18.4 Å². The minimum atomic E-state index is -0.563. The Hall–Kier alpha value is -2.45. The third-order valence-electron chi connectivity index (χ3n) is 5.52. The van der Waals surface area contributed by atoms with Gasteiger partial charge in [0.05, 0.1) is 0 Å². The summed E-state index contributed by atoms with van der Waals surface area (Å²) in [5.41, 5.74) is 0. The topological polar surface area (TPSA) is 87.4 Å². The zero-order chi connectivity index (χ0) is 20.8. The SMILES string of the molecule is CN=C(NCCCc1nnc2n1CCCCC2)NCC(O)c1cc2ccccc2s1. The Morgan fingerprint density at radius 2 is 2.13 bits per heavy atom. The van der Waals surface area contributed by atoms with Gasteiger partial charge in [0.15, 0.2) is 5.96 Å². The van der Waals surface area contributed by atoms with E-state index in [1.807, 2.05) is 12.1 Å². The molecule has 0 radical (unpaired) electrons. The van der Waals surface area contributed by atoms with Crippen molar-refractivity contribution in [1.29, 1.82) is 0 Å². The lowest BCUT2D eigenvalue weighted by Crippen LogP contribution is -2.39. The van der Waals surface area contributed by atoms with Crippen molar-refractivity contribution in [2.75, 3.05) is 20.1 Å². The van der Waals surface area contributed by atoms with E-state index in [4.69, 9.17) is 0 Å². The van der Waals surface area contributed by atoms with Crippen LogP contribution in [0, 0.1) is 0 Å². The molecule has 0 bridgehead atoms. The van der Waals surface area contributed by atoms with Crippen LogP contribution in [-0.2, 0) is 19.4 Å². The third kappa shape index (κ3) is 4.99. The predicted octanol–water partition coefficient (Wildman–Crippen LogP) is 3.05. The highest BCUT2D eigenvalue weighted by Gasteiger charge is 2.15. The van der Waals surface area contributed by atoms with Crippen LogP contribution in [0.1, 0.15) is 48.3 Å². The van der Waals surface area contributed by atoms with Gasteiger partial charge in [0, 0.05) is 49.1 Å². The van der Waals surface area contributed by atoms with E-state index in [-0.39, 0.29) is 0 Å². The first-order chi connectivity index (χ1) is 14.7. The average molecular weight is 427 g/mol. The van der Waals surface area contributed by atoms with Crippen LogP contribution in [0.15, 0.2) is 35.3 Å². The average Bonchev–Trinajstić information content (AvgIpc) is 3.29. The Morgan fingerprint density at radius 1 is 1.23 bits per heavy atom. The molecule has 0 aliphatic carbocycles. The van der Waals surface area contributed by atoms with E-state index in [9.17, 15) is 5.11 Å². The number of aliphatic hydroxyl groups is 1. The van der Waals surface area contributed by atoms with Crippen molar-refractivity contribution in [3.8, 4) is 0 Å². The lowest BCUT2D eigenvalue weighted by molar-refractivity contribution is 0.184. The van der Waals surface area contributed by atoms with Gasteiger partial charge in [-0.3, -0.25) is 4.99 Å². The molecule has 30 heavy (non-hydrogen) atoms. The number of benzene rings is 1. The van der Waals surface area contributed by atoms with E-state index in [2.05, 4.69) is 48.6 Å². The van der Waals surface area contributed by atoms with Crippen LogP contribution in [0.2, 0.25) is 0 Å². The van der Waals surface area contributed by atoms with Crippen molar-refractivity contribution >= 4 is 27.4 Å². The minimum absolute atomic E-state index is 0.421. The molecule has 4 rings (SSSR count). The molecule has 1 atom stereocenters. The molecule has 1 aliphatic heterocycles. The molecule has 3 aromatic rings. The normalized spacial score (nSPS) is 15.6. The van der Waals surface area contributed by atoms with Crippen LogP contribution in [-0.4, -0.2) is 46.0 Å². The second kappa shape index (κ2) is 10.0. The molecular formula is C22H30N6OS. The first-order valence-corrected chi connectivity index (χ1v) is 11.6. The van der Waals surface area contributed by atoms with Crippen LogP contribution in [0.3, 0.4) is 0 Å². The van der Waals surface area contributed by atoms with Crippen LogP contribution in [0.4, 0.5) is 0 Å². The van der Waals surface area contributed by atoms with Gasteiger partial charge in [-0.1, -0.05) is 24.6 Å². The number of fused-ring (bicyclic) bond motifs is 2. The summed E-state index contributed by atoms with van der Waals surface area (Å²) in [5, 5.41) is 27.0. The summed E-state index contributed by atoms with van der Waals surface area (Å²) in [7, 11) is 1.75. The Kier molecular flexibility index (Phi) is 6.96. The predicted molar refractivity (Wildman–Crippen MR) is 122 cm³/mol. The highest BCUT2D eigenvalue weighted by atomic mass is 32.1. The maximum atomic E-state index is 10.5. The Balaban J connectivity index is 1.22.